The fraction of sp³-hybridized carbons (Fsp3) is 0. The maximum Gasteiger partial charge on any atom is 0.145 e. The van der Waals surface area contributed by atoms with Crippen molar-refractivity contribution in [2.24, 2.45) is 0 Å². The molecule has 0 saturated heterocycles. The monoisotopic (exact) mass is 713 g/mol. The van der Waals surface area contributed by atoms with Crippen LogP contribution in [0.15, 0.2) is 217 Å². The van der Waals surface area contributed by atoms with Crippen LogP contribution >= 0.6 is 0 Å². The summed E-state index contributed by atoms with van der Waals surface area (Å²) >= 11 is 0. The van der Waals surface area contributed by atoms with E-state index in [1.165, 1.54) is 43.4 Å². The maximum absolute atomic E-state index is 6.96. The smallest absolute Gasteiger partial charge is 0.145 e. The number of furan rings is 1. The van der Waals surface area contributed by atoms with Gasteiger partial charge in [0, 0.05) is 21.9 Å². The van der Waals surface area contributed by atoms with Crippen molar-refractivity contribution in [2.75, 3.05) is 4.90 Å². The van der Waals surface area contributed by atoms with E-state index in [9.17, 15) is 0 Å². The molecule has 2 nitrogen and oxygen atoms in total. The summed E-state index contributed by atoms with van der Waals surface area (Å²) in [7, 11) is 0. The zero-order valence-corrected chi connectivity index (χ0v) is 30.6. The maximum atomic E-state index is 6.96. The van der Waals surface area contributed by atoms with E-state index in [2.05, 4.69) is 217 Å². The van der Waals surface area contributed by atoms with E-state index in [4.69, 9.17) is 4.42 Å². The molecule has 0 atom stereocenters. The summed E-state index contributed by atoms with van der Waals surface area (Å²) in [6.45, 7) is 0. The zero-order valence-electron chi connectivity index (χ0n) is 30.6. The molecule has 2 heteroatoms. The van der Waals surface area contributed by atoms with Gasteiger partial charge >= 0.3 is 0 Å². The Morgan fingerprint density at radius 2 is 0.929 bits per heavy atom. The van der Waals surface area contributed by atoms with E-state index >= 15 is 0 Å². The predicted molar refractivity (Wildman–Crippen MR) is 237 cm³/mol. The molecule has 11 rings (SSSR count). The summed E-state index contributed by atoms with van der Waals surface area (Å²) in [6.07, 6.45) is 0. The molecule has 0 saturated carbocycles. The Bertz CT molecular complexity index is 3250. The van der Waals surface area contributed by atoms with Crippen molar-refractivity contribution in [3.63, 3.8) is 0 Å². The average Bonchev–Trinajstić information content (AvgIpc) is 3.67. The first-order chi connectivity index (χ1) is 27.8. The summed E-state index contributed by atoms with van der Waals surface area (Å²) in [5.41, 5.74) is 11.8. The van der Waals surface area contributed by atoms with Crippen LogP contribution in [0.4, 0.5) is 17.1 Å². The number of anilines is 3. The Hall–Kier alpha value is -7.42. The Kier molecular flexibility index (Phi) is 7.53. The van der Waals surface area contributed by atoms with Gasteiger partial charge in [-0.1, -0.05) is 176 Å². The lowest BCUT2D eigenvalue weighted by Crippen LogP contribution is -2.12. The van der Waals surface area contributed by atoms with E-state index in [-0.39, 0.29) is 0 Å². The molecule has 1 heterocycles. The first-order valence-electron chi connectivity index (χ1n) is 19.2. The van der Waals surface area contributed by atoms with Gasteiger partial charge in [0.05, 0.1) is 22.4 Å². The van der Waals surface area contributed by atoms with Gasteiger partial charge in [-0.2, -0.15) is 0 Å². The van der Waals surface area contributed by atoms with E-state index in [1.807, 2.05) is 0 Å². The highest BCUT2D eigenvalue weighted by Gasteiger charge is 2.26. The van der Waals surface area contributed by atoms with Crippen molar-refractivity contribution in [1.29, 1.82) is 0 Å². The largest absolute Gasteiger partial charge is 0.455 e. The summed E-state index contributed by atoms with van der Waals surface area (Å²) in [4.78, 5) is 2.48. The molecule has 11 aromatic rings. The van der Waals surface area contributed by atoms with Crippen molar-refractivity contribution in [3.8, 4) is 33.4 Å². The van der Waals surface area contributed by atoms with E-state index < -0.39 is 0 Å². The van der Waals surface area contributed by atoms with E-state index in [1.54, 1.807) is 0 Å². The molecule has 0 fully saturated rings. The molecular weight excluding hydrogens is 679 g/mol. The minimum Gasteiger partial charge on any atom is -0.455 e. The Morgan fingerprint density at radius 3 is 1.75 bits per heavy atom. The summed E-state index contributed by atoms with van der Waals surface area (Å²) in [5, 5.41) is 9.42. The molecule has 0 aliphatic rings. The molecule has 0 spiro atoms. The highest BCUT2D eigenvalue weighted by Crippen LogP contribution is 2.51. The summed E-state index contributed by atoms with van der Waals surface area (Å²) in [6, 6.07) is 76.5. The quantitative estimate of drug-likeness (QED) is 0.160. The molecular formula is C54H35NO. The van der Waals surface area contributed by atoms with Crippen LogP contribution in [0.1, 0.15) is 0 Å². The van der Waals surface area contributed by atoms with Gasteiger partial charge in [-0.15, -0.1) is 0 Å². The number of hydrogen-bond donors (Lipinski definition) is 0. The highest BCUT2D eigenvalue weighted by atomic mass is 16.3. The van der Waals surface area contributed by atoms with Gasteiger partial charge in [-0.3, -0.25) is 0 Å². The van der Waals surface area contributed by atoms with Crippen LogP contribution in [0, 0.1) is 0 Å². The Labute approximate surface area is 325 Å². The fourth-order valence-electron chi connectivity index (χ4n) is 8.67. The normalized spacial score (nSPS) is 11.6. The first kappa shape index (κ1) is 32.0. The minimum absolute atomic E-state index is 0.864. The second-order valence-corrected chi connectivity index (χ2v) is 14.4. The van der Waals surface area contributed by atoms with Crippen molar-refractivity contribution in [1.82, 2.24) is 0 Å². The van der Waals surface area contributed by atoms with Crippen LogP contribution in [-0.2, 0) is 0 Å². The molecule has 0 aliphatic heterocycles. The number of para-hydroxylation sites is 1. The van der Waals surface area contributed by atoms with Crippen LogP contribution in [0.5, 0.6) is 0 Å². The van der Waals surface area contributed by atoms with Gasteiger partial charge < -0.3 is 9.32 Å². The Morgan fingerprint density at radius 1 is 0.304 bits per heavy atom. The number of fused-ring (bicyclic) bond motifs is 7. The minimum atomic E-state index is 0.864. The van der Waals surface area contributed by atoms with Crippen LogP contribution < -0.4 is 4.90 Å². The standard InChI is InChI=1S/C54H35NO/c1-3-15-36(16-4-1)40-30-33-50(48(35-40)38-17-5-2-6-18-38)55(49-27-14-26-43-42-23-10-8-20-39(42)29-31-45(43)49)51-34-32-46(44-25-13-21-37-19-7-9-22-41(37)44)54-53(51)47-24-11-12-28-52(47)56-54/h1-35H. The molecule has 0 N–H and O–H groups in total. The Balaban J connectivity index is 1.27. The van der Waals surface area contributed by atoms with E-state index in [0.29, 0.717) is 0 Å². The van der Waals surface area contributed by atoms with Gasteiger partial charge in [0.15, 0.2) is 0 Å². The number of benzene rings is 10. The van der Waals surface area contributed by atoms with Crippen LogP contribution in [0.2, 0.25) is 0 Å². The highest BCUT2D eigenvalue weighted by molar-refractivity contribution is 6.21. The molecule has 0 amide bonds. The number of nitrogens with zero attached hydrogens (tertiary/aromatic N) is 1. The van der Waals surface area contributed by atoms with Gasteiger partial charge in [0.1, 0.15) is 11.2 Å². The molecule has 1 aromatic heterocycles. The fourth-order valence-corrected chi connectivity index (χ4v) is 8.67. The molecule has 10 aromatic carbocycles. The second-order valence-electron chi connectivity index (χ2n) is 14.4. The molecule has 0 bridgehead atoms. The molecule has 0 aliphatic carbocycles. The molecule has 56 heavy (non-hydrogen) atoms. The van der Waals surface area contributed by atoms with Crippen molar-refractivity contribution < 1.29 is 4.42 Å². The SMILES string of the molecule is c1ccc(-c2ccc(N(c3cccc4c3ccc3ccccc34)c3ccc(-c4cccc5ccccc45)c4oc5ccccc5c34)c(-c3ccccc3)c2)cc1. The third-order valence-corrected chi connectivity index (χ3v) is 11.3. The third-order valence-electron chi connectivity index (χ3n) is 11.3. The average molecular weight is 714 g/mol. The van der Waals surface area contributed by atoms with Crippen molar-refractivity contribution in [3.05, 3.63) is 212 Å². The van der Waals surface area contributed by atoms with Crippen molar-refractivity contribution in [2.45, 2.75) is 0 Å². The zero-order chi connectivity index (χ0) is 37.0. The second kappa shape index (κ2) is 13.2. The van der Waals surface area contributed by atoms with Crippen molar-refractivity contribution >= 4 is 71.3 Å². The van der Waals surface area contributed by atoms with Gasteiger partial charge in [-0.05, 0) is 85.6 Å². The molecule has 0 radical (unpaired) electrons. The van der Waals surface area contributed by atoms with Gasteiger partial charge in [-0.25, -0.2) is 0 Å². The lowest BCUT2D eigenvalue weighted by Gasteiger charge is -2.30. The number of rotatable bonds is 6. The lowest BCUT2D eigenvalue weighted by atomic mass is 9.93. The van der Waals surface area contributed by atoms with E-state index in [0.717, 1.165) is 61.3 Å². The van der Waals surface area contributed by atoms with Crippen LogP contribution in [-0.4, -0.2) is 0 Å². The van der Waals surface area contributed by atoms with Gasteiger partial charge in [0.2, 0.25) is 0 Å². The van der Waals surface area contributed by atoms with Crippen LogP contribution in [0.3, 0.4) is 0 Å². The predicted octanol–water partition coefficient (Wildman–Crippen LogP) is 15.5. The number of hydrogen-bond acceptors (Lipinski definition) is 2. The summed E-state index contributed by atoms with van der Waals surface area (Å²) in [5.74, 6) is 0. The molecule has 262 valence electrons. The lowest BCUT2D eigenvalue weighted by molar-refractivity contribution is 0.670. The summed E-state index contributed by atoms with van der Waals surface area (Å²) < 4.78 is 6.96. The van der Waals surface area contributed by atoms with Gasteiger partial charge in [0.25, 0.3) is 0 Å². The first-order valence-corrected chi connectivity index (χ1v) is 19.2. The van der Waals surface area contributed by atoms with Crippen LogP contribution in [0.25, 0.3) is 87.6 Å². The molecule has 0 unspecified atom stereocenters. The third kappa shape index (κ3) is 5.19. The topological polar surface area (TPSA) is 16.4 Å².